The Hall–Kier alpha value is -1.16. The van der Waals surface area contributed by atoms with Gasteiger partial charge in [0.1, 0.15) is 5.75 Å². The molecule has 1 aromatic carbocycles. The van der Waals surface area contributed by atoms with E-state index in [9.17, 15) is 8.78 Å². The maximum Gasteiger partial charge on any atom is 0.387 e. The second-order valence-corrected chi connectivity index (χ2v) is 6.87. The summed E-state index contributed by atoms with van der Waals surface area (Å²) in [5.74, 6) is 1.04. The van der Waals surface area contributed by atoms with Crippen LogP contribution in [0.4, 0.5) is 8.78 Å². The van der Waals surface area contributed by atoms with Gasteiger partial charge in [0.05, 0.1) is 0 Å². The zero-order chi connectivity index (χ0) is 19.5. The van der Waals surface area contributed by atoms with Crippen LogP contribution in [0.5, 0.6) is 5.75 Å². The number of ether oxygens (including phenoxy) is 1. The smallest absolute Gasteiger partial charge is 0.387 e. The Balaban J connectivity index is 0.00000392. The molecule has 1 aliphatic heterocycles. The molecule has 0 saturated carbocycles. The van der Waals surface area contributed by atoms with E-state index in [2.05, 4.69) is 15.0 Å². The maximum absolute atomic E-state index is 12.2. The van der Waals surface area contributed by atoms with Crippen molar-refractivity contribution in [3.05, 3.63) is 29.8 Å². The fourth-order valence-corrected chi connectivity index (χ4v) is 3.23. The highest BCUT2D eigenvalue weighted by atomic mass is 127. The standard InChI is InChI=1S/C20H32F2N4O.HI/c1-3-23-20(24-12-4-5-13-26-14-6-7-15-26)25(2)16-17-8-10-18(11-9-17)27-19(21)22;/h8-11,19H,3-7,12-16H2,1-2H3,(H,23,24);1H. The summed E-state index contributed by atoms with van der Waals surface area (Å²) in [6, 6.07) is 6.73. The number of aliphatic imine (C=N–C) groups is 1. The van der Waals surface area contributed by atoms with Gasteiger partial charge in [0.15, 0.2) is 5.96 Å². The molecule has 2 rings (SSSR count). The lowest BCUT2D eigenvalue weighted by atomic mass is 10.2. The van der Waals surface area contributed by atoms with E-state index in [4.69, 9.17) is 4.99 Å². The molecule has 1 aliphatic rings. The highest BCUT2D eigenvalue weighted by Gasteiger charge is 2.11. The average molecular weight is 510 g/mol. The molecular weight excluding hydrogens is 477 g/mol. The van der Waals surface area contributed by atoms with Crippen LogP contribution >= 0.6 is 24.0 Å². The minimum absolute atomic E-state index is 0. The van der Waals surface area contributed by atoms with E-state index in [-0.39, 0.29) is 29.7 Å². The first kappa shape index (κ1) is 24.9. The van der Waals surface area contributed by atoms with Crippen LogP contribution in [0, 0.1) is 0 Å². The van der Waals surface area contributed by atoms with Gasteiger partial charge in [0.2, 0.25) is 0 Å². The fraction of sp³-hybridized carbons (Fsp3) is 0.650. The molecule has 1 aromatic rings. The van der Waals surface area contributed by atoms with Crippen molar-refractivity contribution in [1.29, 1.82) is 0 Å². The predicted molar refractivity (Wildman–Crippen MR) is 121 cm³/mol. The van der Waals surface area contributed by atoms with Gasteiger partial charge in [-0.15, -0.1) is 24.0 Å². The van der Waals surface area contributed by atoms with Gasteiger partial charge in [0, 0.05) is 26.7 Å². The number of hydrogen-bond acceptors (Lipinski definition) is 3. The number of nitrogens with zero attached hydrogens (tertiary/aromatic N) is 3. The molecule has 1 N–H and O–H groups in total. The van der Waals surface area contributed by atoms with Crippen LogP contribution in [0.2, 0.25) is 0 Å². The third kappa shape index (κ3) is 9.36. The van der Waals surface area contributed by atoms with E-state index in [0.717, 1.165) is 31.0 Å². The Morgan fingerprint density at radius 3 is 2.50 bits per heavy atom. The largest absolute Gasteiger partial charge is 0.435 e. The zero-order valence-corrected chi connectivity index (χ0v) is 19.2. The molecule has 8 heteroatoms. The Morgan fingerprint density at radius 1 is 1.21 bits per heavy atom. The second-order valence-electron chi connectivity index (χ2n) is 6.87. The second kappa shape index (κ2) is 13.9. The Labute approximate surface area is 184 Å². The maximum atomic E-state index is 12.2. The van der Waals surface area contributed by atoms with Crippen molar-refractivity contribution in [2.45, 2.75) is 45.8 Å². The van der Waals surface area contributed by atoms with Gasteiger partial charge in [0.25, 0.3) is 0 Å². The highest BCUT2D eigenvalue weighted by Crippen LogP contribution is 2.16. The molecular formula is C20H33F2IN4O. The van der Waals surface area contributed by atoms with E-state index < -0.39 is 6.61 Å². The number of benzene rings is 1. The van der Waals surface area contributed by atoms with Crippen LogP contribution in [0.15, 0.2) is 29.3 Å². The molecule has 0 bridgehead atoms. The predicted octanol–water partition coefficient (Wildman–Crippen LogP) is 4.18. The number of guanidine groups is 1. The van der Waals surface area contributed by atoms with Crippen LogP contribution in [0.25, 0.3) is 0 Å². The molecule has 0 radical (unpaired) electrons. The molecule has 160 valence electrons. The van der Waals surface area contributed by atoms with E-state index in [1.165, 1.54) is 38.9 Å². The summed E-state index contributed by atoms with van der Waals surface area (Å²) in [6.07, 6.45) is 4.93. The van der Waals surface area contributed by atoms with Crippen molar-refractivity contribution in [3.8, 4) is 5.75 Å². The first-order valence-corrected chi connectivity index (χ1v) is 9.84. The van der Waals surface area contributed by atoms with Crippen molar-refractivity contribution in [3.63, 3.8) is 0 Å². The molecule has 0 aromatic heterocycles. The highest BCUT2D eigenvalue weighted by molar-refractivity contribution is 14.0. The Morgan fingerprint density at radius 2 is 1.89 bits per heavy atom. The molecule has 28 heavy (non-hydrogen) atoms. The number of likely N-dealkylation sites (tertiary alicyclic amines) is 1. The Kier molecular flexibility index (Phi) is 12.4. The molecule has 0 spiro atoms. The van der Waals surface area contributed by atoms with Gasteiger partial charge in [-0.05, 0) is 69.9 Å². The summed E-state index contributed by atoms with van der Waals surface area (Å²) in [6.45, 7) is 5.18. The van der Waals surface area contributed by atoms with Gasteiger partial charge < -0.3 is 19.9 Å². The lowest BCUT2D eigenvalue weighted by Gasteiger charge is -2.22. The minimum atomic E-state index is -2.79. The monoisotopic (exact) mass is 510 g/mol. The van der Waals surface area contributed by atoms with Gasteiger partial charge in [-0.3, -0.25) is 4.99 Å². The van der Waals surface area contributed by atoms with E-state index in [0.29, 0.717) is 6.54 Å². The summed E-state index contributed by atoms with van der Waals surface area (Å²) in [7, 11) is 1.98. The SMILES string of the molecule is CCNC(=NCCCCN1CCCC1)N(C)Cc1ccc(OC(F)F)cc1.I. The quantitative estimate of drug-likeness (QED) is 0.222. The van der Waals surface area contributed by atoms with Gasteiger partial charge >= 0.3 is 6.61 Å². The normalized spacial score (nSPS) is 14.8. The lowest BCUT2D eigenvalue weighted by Crippen LogP contribution is -2.38. The van der Waals surface area contributed by atoms with Crippen molar-refractivity contribution in [1.82, 2.24) is 15.1 Å². The number of alkyl halides is 2. The molecule has 1 saturated heterocycles. The van der Waals surface area contributed by atoms with E-state index in [1.54, 1.807) is 24.3 Å². The van der Waals surface area contributed by atoms with Crippen LogP contribution < -0.4 is 10.1 Å². The number of unbranched alkanes of at least 4 members (excludes halogenated alkanes) is 1. The number of nitrogens with one attached hydrogen (secondary N) is 1. The first-order chi connectivity index (χ1) is 13.1. The van der Waals surface area contributed by atoms with Crippen LogP contribution in [-0.2, 0) is 6.54 Å². The average Bonchev–Trinajstić information content (AvgIpc) is 3.15. The molecule has 0 atom stereocenters. The topological polar surface area (TPSA) is 40.1 Å². The zero-order valence-electron chi connectivity index (χ0n) is 16.9. The third-order valence-corrected chi connectivity index (χ3v) is 4.61. The Bertz CT molecular complexity index is 566. The van der Waals surface area contributed by atoms with E-state index in [1.807, 2.05) is 18.9 Å². The molecule has 5 nitrogen and oxygen atoms in total. The molecule has 1 fully saturated rings. The molecule has 0 aliphatic carbocycles. The fourth-order valence-electron chi connectivity index (χ4n) is 3.23. The third-order valence-electron chi connectivity index (χ3n) is 4.61. The summed E-state index contributed by atoms with van der Waals surface area (Å²) >= 11 is 0. The molecule has 0 amide bonds. The summed E-state index contributed by atoms with van der Waals surface area (Å²) < 4.78 is 28.8. The van der Waals surface area contributed by atoms with Crippen LogP contribution in [-0.4, -0.2) is 62.1 Å². The summed E-state index contributed by atoms with van der Waals surface area (Å²) in [5.41, 5.74) is 1.01. The van der Waals surface area contributed by atoms with Crippen LogP contribution in [0.1, 0.15) is 38.2 Å². The van der Waals surface area contributed by atoms with Crippen molar-refractivity contribution in [2.24, 2.45) is 4.99 Å². The number of halogens is 3. The minimum Gasteiger partial charge on any atom is -0.435 e. The molecule has 0 unspecified atom stereocenters. The first-order valence-electron chi connectivity index (χ1n) is 9.84. The molecule has 1 heterocycles. The summed E-state index contributed by atoms with van der Waals surface area (Å²) in [4.78, 5) is 9.30. The van der Waals surface area contributed by atoms with E-state index >= 15 is 0 Å². The van der Waals surface area contributed by atoms with Gasteiger partial charge in [-0.25, -0.2) is 0 Å². The van der Waals surface area contributed by atoms with Crippen LogP contribution in [0.3, 0.4) is 0 Å². The summed E-state index contributed by atoms with van der Waals surface area (Å²) in [5, 5.41) is 3.31. The number of hydrogen-bond donors (Lipinski definition) is 1. The van der Waals surface area contributed by atoms with Gasteiger partial charge in [-0.2, -0.15) is 8.78 Å². The lowest BCUT2D eigenvalue weighted by molar-refractivity contribution is -0.0498. The number of rotatable bonds is 10. The van der Waals surface area contributed by atoms with Gasteiger partial charge in [-0.1, -0.05) is 12.1 Å². The van der Waals surface area contributed by atoms with Crippen molar-refractivity contribution in [2.75, 3.05) is 39.8 Å². The van der Waals surface area contributed by atoms with Crippen molar-refractivity contribution >= 4 is 29.9 Å². The van der Waals surface area contributed by atoms with Crippen molar-refractivity contribution < 1.29 is 13.5 Å².